The molecule has 0 aliphatic rings. The first-order valence-corrected chi connectivity index (χ1v) is 35.3. The highest BCUT2D eigenvalue weighted by atomic mass is 32.2. The molecule has 29 nitrogen and oxygen atoms in total. The van der Waals surface area contributed by atoms with Crippen LogP contribution in [-0.4, -0.2) is 191 Å². The van der Waals surface area contributed by atoms with Crippen molar-refractivity contribution in [1.82, 2.24) is 52.4 Å². The minimum atomic E-state index is -1.45. The predicted octanol–water partition coefficient (Wildman–Crippen LogP) is 0.524. The first-order valence-electron chi connectivity index (χ1n) is 33.9. The molecule has 4 aromatic rings. The summed E-state index contributed by atoms with van der Waals surface area (Å²) in [6.07, 6.45) is 7.05. The first-order chi connectivity index (χ1) is 47.2. The van der Waals surface area contributed by atoms with E-state index >= 15 is 0 Å². The molecule has 23 N–H and O–H groups in total. The van der Waals surface area contributed by atoms with Crippen LogP contribution >= 0.6 is 11.8 Å². The maximum Gasteiger partial charge on any atom is 0.326 e. The molecule has 9 amide bonds. The van der Waals surface area contributed by atoms with Gasteiger partial charge in [0.05, 0.1) is 6.04 Å². The minimum Gasteiger partial charge on any atom is -0.508 e. The van der Waals surface area contributed by atoms with E-state index in [9.17, 15) is 58.2 Å². The van der Waals surface area contributed by atoms with Crippen LogP contribution in [0.2, 0.25) is 0 Å². The summed E-state index contributed by atoms with van der Waals surface area (Å²) in [6, 6.07) is 9.20. The van der Waals surface area contributed by atoms with Crippen LogP contribution in [-0.2, 0) is 67.2 Å². The molecular weight excluding hydrogens is 1290 g/mol. The number of likely N-dealkylation sites (N-methyl/N-ethyl adjacent to an activating group) is 1. The predicted molar refractivity (Wildman–Crippen MR) is 383 cm³/mol. The number of hydrogen-bond donors (Lipinski definition) is 17. The smallest absolute Gasteiger partial charge is 0.326 e. The lowest BCUT2D eigenvalue weighted by Crippen LogP contribution is -2.62. The van der Waals surface area contributed by atoms with Crippen molar-refractivity contribution >= 4 is 87.8 Å². The van der Waals surface area contributed by atoms with Crippen molar-refractivity contribution in [2.45, 2.75) is 184 Å². The van der Waals surface area contributed by atoms with Crippen molar-refractivity contribution in [3.05, 3.63) is 102 Å². The zero-order valence-corrected chi connectivity index (χ0v) is 58.7. The minimum absolute atomic E-state index is 0.0567. The van der Waals surface area contributed by atoms with Crippen LogP contribution in [0, 0.1) is 11.8 Å². The third kappa shape index (κ3) is 28.1. The molecule has 10 atom stereocenters. The van der Waals surface area contributed by atoms with Gasteiger partial charge in [0.25, 0.3) is 0 Å². The summed E-state index contributed by atoms with van der Waals surface area (Å²) in [6.45, 7) is 7.80. The number of benzene rings is 3. The number of nitrogens with two attached hydrogens (primary N) is 6. The highest BCUT2D eigenvalue weighted by Gasteiger charge is 2.38. The number of thioether (sulfide) groups is 1. The summed E-state index contributed by atoms with van der Waals surface area (Å²) in [7, 11) is 1.44. The molecule has 0 spiro atoms. The number of para-hydroxylation sites is 1. The second kappa shape index (κ2) is 43.5. The van der Waals surface area contributed by atoms with Crippen LogP contribution in [0.3, 0.4) is 0 Å². The molecule has 3 aromatic carbocycles. The summed E-state index contributed by atoms with van der Waals surface area (Å²) < 4.78 is 0. The number of aliphatic imine (C=N–C) groups is 1. The number of aromatic nitrogens is 1. The number of hydrogen-bond acceptors (Lipinski definition) is 17. The van der Waals surface area contributed by atoms with Gasteiger partial charge in [-0.15, -0.1) is 0 Å². The monoisotopic (exact) mass is 1400 g/mol. The number of unbranched alkanes of at least 4 members (excludes halogenated alkanes) is 3. The maximum atomic E-state index is 14.9. The molecular formula is C69H107N17O12S. The number of fused-ring (bicyclic) bond motifs is 1. The molecule has 0 bridgehead atoms. The number of aliphatic carboxylic acids is 1. The van der Waals surface area contributed by atoms with Gasteiger partial charge in [-0.05, 0) is 149 Å². The fourth-order valence-corrected chi connectivity index (χ4v) is 11.6. The topological polar surface area (TPSA) is 495 Å². The molecule has 99 heavy (non-hydrogen) atoms. The normalized spacial score (nSPS) is 14.3. The summed E-state index contributed by atoms with van der Waals surface area (Å²) in [5, 5.41) is 43.2. The number of amides is 9. The molecule has 30 heteroatoms. The number of carboxylic acids is 1. The van der Waals surface area contributed by atoms with Gasteiger partial charge >= 0.3 is 5.97 Å². The largest absolute Gasteiger partial charge is 0.508 e. The second-order valence-corrected chi connectivity index (χ2v) is 26.4. The Morgan fingerprint density at radius 1 is 0.515 bits per heavy atom. The SMILES string of the molecule is CSCC[C@H](NC(=O)[C@@H](NC(=O)[C@@H](NC(=O)[C@H](Cc1ccc(O)cc1)NC(=O)[C@H](Cc1ccccc1)NC(=O)[C@H](CCCN=C(N)N)N(C)C(=O)[C@H](N)CCCCN)C(C)C)C(C)C)C(=O)N[C@@H](Cc1c[nH]c2ccccc12)C(=O)N[C@@H](CCCCN)C(=O)N[C@H](CCCCN)C(=O)O. The van der Waals surface area contributed by atoms with Gasteiger partial charge in [0.2, 0.25) is 53.2 Å². The average molecular weight is 1400 g/mol. The number of aromatic hydroxyl groups is 1. The van der Waals surface area contributed by atoms with E-state index in [-0.39, 0.29) is 76.2 Å². The Balaban J connectivity index is 1.65. The fraction of sp³-hybridized carbons (Fsp3) is 0.551. The number of aromatic amines is 1. The van der Waals surface area contributed by atoms with Gasteiger partial charge in [-0.2, -0.15) is 11.8 Å². The van der Waals surface area contributed by atoms with Gasteiger partial charge in [0.15, 0.2) is 5.96 Å². The Kier molecular flexibility index (Phi) is 36.3. The van der Waals surface area contributed by atoms with E-state index in [0.29, 0.717) is 80.5 Å². The van der Waals surface area contributed by atoms with Crippen molar-refractivity contribution in [2.75, 3.05) is 45.2 Å². The fourth-order valence-electron chi connectivity index (χ4n) is 11.1. The Bertz CT molecular complexity index is 3260. The summed E-state index contributed by atoms with van der Waals surface area (Å²) >= 11 is 1.39. The third-order valence-corrected chi connectivity index (χ3v) is 17.5. The second-order valence-electron chi connectivity index (χ2n) is 25.4. The summed E-state index contributed by atoms with van der Waals surface area (Å²) in [4.78, 5) is 152. The van der Waals surface area contributed by atoms with Gasteiger partial charge in [-0.1, -0.05) is 94.8 Å². The van der Waals surface area contributed by atoms with Crippen molar-refractivity contribution in [3.8, 4) is 5.75 Å². The maximum absolute atomic E-state index is 14.9. The number of rotatable bonds is 46. The van der Waals surface area contributed by atoms with Crippen molar-refractivity contribution < 1.29 is 58.2 Å². The number of phenolic OH excluding ortho intramolecular Hbond substituents is 1. The van der Waals surface area contributed by atoms with Crippen LogP contribution in [0.4, 0.5) is 0 Å². The van der Waals surface area contributed by atoms with Crippen LogP contribution in [0.5, 0.6) is 5.75 Å². The van der Waals surface area contributed by atoms with Gasteiger partial charge in [-0.25, -0.2) is 4.79 Å². The van der Waals surface area contributed by atoms with Crippen LogP contribution in [0.25, 0.3) is 10.9 Å². The number of phenols is 1. The number of carbonyl (C=O) groups excluding carboxylic acids is 9. The number of carboxylic acid groups (broad SMARTS) is 1. The quantitative estimate of drug-likeness (QED) is 0.0163. The summed E-state index contributed by atoms with van der Waals surface area (Å²) in [5.41, 5.74) is 37.1. The van der Waals surface area contributed by atoms with Crippen LogP contribution in [0.15, 0.2) is 90.1 Å². The molecule has 0 fully saturated rings. The Morgan fingerprint density at radius 3 is 1.51 bits per heavy atom. The molecule has 0 aliphatic carbocycles. The number of carbonyl (C=O) groups is 10. The average Bonchev–Trinajstić information content (AvgIpc) is 1.74. The first kappa shape index (κ1) is 82.6. The Morgan fingerprint density at radius 2 is 0.960 bits per heavy atom. The molecule has 546 valence electrons. The molecule has 0 saturated carbocycles. The lowest BCUT2D eigenvalue weighted by molar-refractivity contribution is -0.142. The Hall–Kier alpha value is -8.84. The van der Waals surface area contributed by atoms with Crippen molar-refractivity contribution in [1.29, 1.82) is 0 Å². The highest BCUT2D eigenvalue weighted by molar-refractivity contribution is 7.98. The van der Waals surface area contributed by atoms with E-state index < -0.39 is 131 Å². The van der Waals surface area contributed by atoms with Crippen molar-refractivity contribution in [3.63, 3.8) is 0 Å². The molecule has 1 heterocycles. The number of nitrogens with one attached hydrogen (secondary N) is 9. The third-order valence-electron chi connectivity index (χ3n) is 16.9. The zero-order valence-electron chi connectivity index (χ0n) is 57.9. The van der Waals surface area contributed by atoms with E-state index in [2.05, 4.69) is 52.5 Å². The van der Waals surface area contributed by atoms with E-state index in [1.165, 1.54) is 35.8 Å². The van der Waals surface area contributed by atoms with Gasteiger partial charge in [0.1, 0.15) is 60.1 Å². The standard InChI is InChI=1S/C69H107N17O12S/c1-41(2)57(65(94)79-51(31-36-99-6)60(89)82-55(39-45-40-77-49-23-11-10-21-47(45)49)62(91)78-50(24-13-16-33-71)59(88)80-52(68(97)98)25-14-17-34-72)85-66(95)58(42(3)4)84-63(92)54(38-44-27-29-46(87)30-28-44)81-61(90)53(37-43-19-8-7-9-20-43)83-64(93)56(26-18-35-76-69(74)75)86(5)67(96)48(73)22-12-15-32-70/h7-11,19-21,23,27-30,40-42,48,50-58,77,87H,12-18,22,24-26,31-39,70-73H2,1-6H3,(H,78,91)(H,79,94)(H,80,88)(H,81,90)(H,82,89)(H,83,93)(H,84,92)(H,85,95)(H,97,98)(H4,74,75,76)/t48-,50+,51+,52-,53+,54+,55+,56+,57+,58+/m1/s1. The van der Waals surface area contributed by atoms with E-state index in [4.69, 9.17) is 34.4 Å². The van der Waals surface area contributed by atoms with Gasteiger partial charge < -0.3 is 97.0 Å². The van der Waals surface area contributed by atoms with Crippen LogP contribution < -0.4 is 76.9 Å². The summed E-state index contributed by atoms with van der Waals surface area (Å²) in [5.74, 6) is -9.15. The molecule has 1 aromatic heterocycles. The Labute approximate surface area is 584 Å². The van der Waals surface area contributed by atoms with Gasteiger partial charge in [0, 0.05) is 50.0 Å². The van der Waals surface area contributed by atoms with Crippen LogP contribution in [0.1, 0.15) is 121 Å². The lowest BCUT2D eigenvalue weighted by atomic mass is 9.98. The van der Waals surface area contributed by atoms with Crippen molar-refractivity contribution in [2.24, 2.45) is 51.2 Å². The van der Waals surface area contributed by atoms with E-state index in [0.717, 1.165) is 10.9 Å². The van der Waals surface area contributed by atoms with E-state index in [1.54, 1.807) is 82.6 Å². The highest BCUT2D eigenvalue weighted by Crippen LogP contribution is 2.21. The molecule has 0 radical (unpaired) electrons. The van der Waals surface area contributed by atoms with Gasteiger partial charge in [-0.3, -0.25) is 48.1 Å². The molecule has 0 saturated heterocycles. The molecule has 0 aliphatic heterocycles. The lowest BCUT2D eigenvalue weighted by Gasteiger charge is -2.32. The zero-order chi connectivity index (χ0) is 73.1. The number of guanidine groups is 1. The molecule has 4 rings (SSSR count). The number of nitrogens with zero attached hydrogens (tertiary/aromatic N) is 2. The number of H-pyrrole nitrogens is 1. The van der Waals surface area contributed by atoms with E-state index in [1.807, 2.05) is 24.3 Å². The molecule has 0 unspecified atom stereocenters.